The Balaban J connectivity index is 1.72. The van der Waals surface area contributed by atoms with E-state index in [9.17, 15) is 15.2 Å². The van der Waals surface area contributed by atoms with Crippen LogP contribution in [0.2, 0.25) is 5.02 Å². The first-order valence-electron chi connectivity index (χ1n) is 10.6. The molecule has 5 nitrogen and oxygen atoms in total. The van der Waals surface area contributed by atoms with Gasteiger partial charge < -0.3 is 10.0 Å². The first-order chi connectivity index (χ1) is 16.0. The first kappa shape index (κ1) is 21.2. The van der Waals surface area contributed by atoms with Gasteiger partial charge in [0.05, 0.1) is 11.0 Å². The highest BCUT2D eigenvalue weighted by Crippen LogP contribution is 2.52. The number of aliphatic hydroxyl groups is 1. The number of nitro groups is 1. The molecule has 164 valence electrons. The lowest BCUT2D eigenvalue weighted by molar-refractivity contribution is -0.384. The maximum absolute atomic E-state index is 12.1. The number of nitrogens with zero attached hydrogens (tertiary/aromatic N) is 2. The van der Waals surface area contributed by atoms with Gasteiger partial charge in [-0.1, -0.05) is 60.1 Å². The van der Waals surface area contributed by atoms with Crippen molar-refractivity contribution in [3.05, 3.63) is 135 Å². The molecule has 6 heteroatoms. The van der Waals surface area contributed by atoms with Crippen LogP contribution in [0.3, 0.4) is 0 Å². The maximum atomic E-state index is 12.1. The summed E-state index contributed by atoms with van der Waals surface area (Å²) in [5.41, 5.74) is 2.94. The molecule has 0 amide bonds. The standard InChI is InChI=1S/C27H21ClN2O3/c28-21-12-16-22(17-13-21)29-25-9-5-4-8-24(25)27(31,18-26(29)19-6-2-1-3-7-19)20-10-14-23(15-11-20)30(32)33/h1-17,26,31H,18H2/t26-,27-/m0/s1. The van der Waals surface area contributed by atoms with Gasteiger partial charge in [0.2, 0.25) is 0 Å². The quantitative estimate of drug-likeness (QED) is 0.272. The van der Waals surface area contributed by atoms with Crippen LogP contribution in [0, 0.1) is 10.1 Å². The van der Waals surface area contributed by atoms with Crippen LogP contribution >= 0.6 is 11.6 Å². The number of benzene rings is 4. The van der Waals surface area contributed by atoms with Crippen molar-refractivity contribution in [2.24, 2.45) is 0 Å². The fourth-order valence-corrected chi connectivity index (χ4v) is 4.80. The van der Waals surface area contributed by atoms with E-state index >= 15 is 0 Å². The number of non-ortho nitro benzene ring substituents is 1. The first-order valence-corrected chi connectivity index (χ1v) is 11.0. The summed E-state index contributed by atoms with van der Waals surface area (Å²) in [5.74, 6) is 0. The Labute approximate surface area is 196 Å². The van der Waals surface area contributed by atoms with E-state index < -0.39 is 10.5 Å². The molecule has 0 aliphatic carbocycles. The van der Waals surface area contributed by atoms with E-state index in [0.717, 1.165) is 22.5 Å². The Kier molecular flexibility index (Phi) is 5.36. The second-order valence-corrected chi connectivity index (χ2v) is 8.59. The summed E-state index contributed by atoms with van der Waals surface area (Å²) in [6.45, 7) is 0. The van der Waals surface area contributed by atoms with Gasteiger partial charge in [0.15, 0.2) is 0 Å². The van der Waals surface area contributed by atoms with E-state index in [-0.39, 0.29) is 11.7 Å². The molecule has 0 saturated carbocycles. The summed E-state index contributed by atoms with van der Waals surface area (Å²) in [5, 5.41) is 24.0. The molecule has 5 rings (SSSR count). The molecule has 4 aromatic rings. The SMILES string of the molecule is O=[N+]([O-])c1ccc([C@@]2(O)C[C@@H](c3ccccc3)N(c3ccc(Cl)cc3)c3ccccc32)cc1. The Morgan fingerprint density at radius 3 is 2.18 bits per heavy atom. The predicted molar refractivity (Wildman–Crippen MR) is 130 cm³/mol. The maximum Gasteiger partial charge on any atom is 0.269 e. The molecule has 0 saturated heterocycles. The van der Waals surface area contributed by atoms with Crippen molar-refractivity contribution in [3.63, 3.8) is 0 Å². The Morgan fingerprint density at radius 2 is 1.52 bits per heavy atom. The van der Waals surface area contributed by atoms with E-state index in [0.29, 0.717) is 17.0 Å². The van der Waals surface area contributed by atoms with E-state index in [1.165, 1.54) is 12.1 Å². The van der Waals surface area contributed by atoms with Gasteiger partial charge in [0.1, 0.15) is 5.60 Å². The van der Waals surface area contributed by atoms with Crippen LogP contribution in [0.25, 0.3) is 0 Å². The smallest absolute Gasteiger partial charge is 0.269 e. The summed E-state index contributed by atoms with van der Waals surface area (Å²) in [6, 6.07) is 31.5. The highest BCUT2D eigenvalue weighted by molar-refractivity contribution is 6.30. The van der Waals surface area contributed by atoms with Crippen molar-refractivity contribution < 1.29 is 10.0 Å². The van der Waals surface area contributed by atoms with Gasteiger partial charge in [0.25, 0.3) is 5.69 Å². The van der Waals surface area contributed by atoms with E-state index in [1.807, 2.05) is 66.7 Å². The third-order valence-electron chi connectivity index (χ3n) is 6.25. The number of halogens is 1. The zero-order valence-corrected chi connectivity index (χ0v) is 18.4. The van der Waals surface area contributed by atoms with Crippen LogP contribution in [0.15, 0.2) is 103 Å². The molecule has 4 aromatic carbocycles. The second-order valence-electron chi connectivity index (χ2n) is 8.16. The fourth-order valence-electron chi connectivity index (χ4n) is 4.68. The molecule has 1 N–H and O–H groups in total. The van der Waals surface area contributed by atoms with Crippen LogP contribution in [0.5, 0.6) is 0 Å². The third kappa shape index (κ3) is 3.75. The minimum Gasteiger partial charge on any atom is -0.380 e. The molecular weight excluding hydrogens is 436 g/mol. The Bertz CT molecular complexity index is 1290. The molecule has 1 aliphatic rings. The highest BCUT2D eigenvalue weighted by Gasteiger charge is 2.44. The Morgan fingerprint density at radius 1 is 0.879 bits per heavy atom. The van der Waals surface area contributed by atoms with Crippen LogP contribution in [-0.4, -0.2) is 10.0 Å². The zero-order chi connectivity index (χ0) is 23.0. The van der Waals surface area contributed by atoms with Crippen molar-refractivity contribution in [2.45, 2.75) is 18.1 Å². The van der Waals surface area contributed by atoms with Crippen molar-refractivity contribution in [3.8, 4) is 0 Å². The van der Waals surface area contributed by atoms with E-state index in [2.05, 4.69) is 17.0 Å². The molecule has 0 spiro atoms. The number of para-hydroxylation sites is 1. The number of rotatable bonds is 4. The lowest BCUT2D eigenvalue weighted by Gasteiger charge is -2.47. The monoisotopic (exact) mass is 456 g/mol. The van der Waals surface area contributed by atoms with Gasteiger partial charge in [-0.2, -0.15) is 0 Å². The van der Waals surface area contributed by atoms with Crippen molar-refractivity contribution in [2.75, 3.05) is 4.90 Å². The highest BCUT2D eigenvalue weighted by atomic mass is 35.5. The molecule has 2 atom stereocenters. The number of anilines is 2. The zero-order valence-electron chi connectivity index (χ0n) is 17.6. The third-order valence-corrected chi connectivity index (χ3v) is 6.51. The number of hydrogen-bond donors (Lipinski definition) is 1. The van der Waals surface area contributed by atoms with Gasteiger partial charge in [-0.25, -0.2) is 0 Å². The number of nitro benzene ring substituents is 1. The van der Waals surface area contributed by atoms with Crippen LogP contribution in [-0.2, 0) is 5.60 Å². The van der Waals surface area contributed by atoms with Gasteiger partial charge in [-0.3, -0.25) is 10.1 Å². The van der Waals surface area contributed by atoms with E-state index in [4.69, 9.17) is 11.6 Å². The van der Waals surface area contributed by atoms with Gasteiger partial charge in [0, 0.05) is 40.5 Å². The topological polar surface area (TPSA) is 66.6 Å². The largest absolute Gasteiger partial charge is 0.380 e. The van der Waals surface area contributed by atoms with E-state index in [1.54, 1.807) is 12.1 Å². The van der Waals surface area contributed by atoms with Crippen LogP contribution < -0.4 is 4.90 Å². The molecule has 0 unspecified atom stereocenters. The molecule has 1 aliphatic heterocycles. The summed E-state index contributed by atoms with van der Waals surface area (Å²) >= 11 is 6.16. The van der Waals surface area contributed by atoms with Crippen molar-refractivity contribution in [1.29, 1.82) is 0 Å². The van der Waals surface area contributed by atoms with Gasteiger partial charge >= 0.3 is 0 Å². The lowest BCUT2D eigenvalue weighted by atomic mass is 9.75. The number of fused-ring (bicyclic) bond motifs is 1. The molecule has 0 bridgehead atoms. The molecule has 0 aromatic heterocycles. The fraction of sp³-hybridized carbons (Fsp3) is 0.111. The minimum absolute atomic E-state index is 0.00570. The van der Waals surface area contributed by atoms with Crippen LogP contribution in [0.1, 0.15) is 29.2 Å². The summed E-state index contributed by atoms with van der Waals surface area (Å²) in [7, 11) is 0. The Hall–Kier alpha value is -3.67. The molecule has 0 fully saturated rings. The summed E-state index contributed by atoms with van der Waals surface area (Å²) in [4.78, 5) is 12.9. The van der Waals surface area contributed by atoms with Gasteiger partial charge in [-0.05, 0) is 53.6 Å². The average molecular weight is 457 g/mol. The normalized spacial score (nSPS) is 19.7. The molecule has 33 heavy (non-hydrogen) atoms. The number of hydrogen-bond acceptors (Lipinski definition) is 4. The van der Waals surface area contributed by atoms with Crippen molar-refractivity contribution in [1.82, 2.24) is 0 Å². The van der Waals surface area contributed by atoms with Crippen LogP contribution in [0.4, 0.5) is 17.1 Å². The molecule has 0 radical (unpaired) electrons. The van der Waals surface area contributed by atoms with Gasteiger partial charge in [-0.15, -0.1) is 0 Å². The summed E-state index contributed by atoms with van der Waals surface area (Å²) < 4.78 is 0. The minimum atomic E-state index is -1.32. The summed E-state index contributed by atoms with van der Waals surface area (Å²) in [6.07, 6.45) is 0.370. The average Bonchev–Trinajstić information content (AvgIpc) is 2.85. The lowest BCUT2D eigenvalue weighted by Crippen LogP contribution is -2.41. The van der Waals surface area contributed by atoms with Crippen molar-refractivity contribution >= 4 is 28.7 Å². The second kappa shape index (κ2) is 8.35. The predicted octanol–water partition coefficient (Wildman–Crippen LogP) is 6.77. The molecular formula is C27H21ClN2O3. The molecule has 1 heterocycles.